The zero-order valence-corrected chi connectivity index (χ0v) is 15.8. The van der Waals surface area contributed by atoms with Gasteiger partial charge in [-0.3, -0.25) is 24.8 Å². The molecule has 2 aromatic rings. The lowest BCUT2D eigenvalue weighted by Gasteiger charge is -2.10. The van der Waals surface area contributed by atoms with Crippen molar-refractivity contribution in [1.82, 2.24) is 4.98 Å². The number of hydrogen-bond donors (Lipinski definition) is 4. The van der Waals surface area contributed by atoms with Crippen molar-refractivity contribution in [2.45, 2.75) is 19.8 Å². The maximum absolute atomic E-state index is 12.5. The molecule has 0 bridgehead atoms. The molecular weight excluding hydrogens is 374 g/mol. The van der Waals surface area contributed by atoms with Crippen LogP contribution in [0.5, 0.6) is 5.75 Å². The summed E-state index contributed by atoms with van der Waals surface area (Å²) in [6.45, 7) is 1.67. The van der Waals surface area contributed by atoms with Crippen LogP contribution in [-0.2, 0) is 14.4 Å². The molecule has 1 aliphatic rings. The van der Waals surface area contributed by atoms with E-state index in [4.69, 9.17) is 15.9 Å². The van der Waals surface area contributed by atoms with Crippen molar-refractivity contribution in [1.29, 1.82) is 5.41 Å². The summed E-state index contributed by atoms with van der Waals surface area (Å²) in [5.41, 5.74) is 6.81. The number of ether oxygens (including phenoxy) is 1. The molecule has 1 aliphatic carbocycles. The van der Waals surface area contributed by atoms with Crippen molar-refractivity contribution < 1.29 is 19.1 Å². The Bertz CT molecular complexity index is 958. The molecule has 9 heteroatoms. The quantitative estimate of drug-likeness (QED) is 0.320. The fraction of sp³-hybridized carbons (Fsp3) is 0.250. The van der Waals surface area contributed by atoms with Crippen LogP contribution in [0.25, 0.3) is 0 Å². The van der Waals surface area contributed by atoms with Gasteiger partial charge in [-0.2, -0.15) is 0 Å². The molecule has 29 heavy (non-hydrogen) atoms. The summed E-state index contributed by atoms with van der Waals surface area (Å²) in [6.07, 6.45) is 3.48. The lowest BCUT2D eigenvalue weighted by Crippen LogP contribution is -2.21. The van der Waals surface area contributed by atoms with E-state index in [-0.39, 0.29) is 35.5 Å². The number of hydrogen-bond acceptors (Lipinski definition) is 6. The van der Waals surface area contributed by atoms with Gasteiger partial charge >= 0.3 is 5.97 Å². The van der Waals surface area contributed by atoms with E-state index in [1.807, 2.05) is 0 Å². The Morgan fingerprint density at radius 1 is 1.14 bits per heavy atom. The Kier molecular flexibility index (Phi) is 5.87. The van der Waals surface area contributed by atoms with Crippen LogP contribution in [0.3, 0.4) is 0 Å². The number of amidine groups is 1. The number of benzene rings is 1. The molecule has 9 nitrogen and oxygen atoms in total. The van der Waals surface area contributed by atoms with Crippen LogP contribution in [0.4, 0.5) is 11.4 Å². The van der Waals surface area contributed by atoms with Gasteiger partial charge in [-0.15, -0.1) is 0 Å². The predicted octanol–water partition coefficient (Wildman–Crippen LogP) is 1.89. The summed E-state index contributed by atoms with van der Waals surface area (Å²) in [5, 5.41) is 12.8. The minimum Gasteiger partial charge on any atom is -0.424 e. The number of amides is 2. The van der Waals surface area contributed by atoms with Gasteiger partial charge in [0.2, 0.25) is 11.8 Å². The van der Waals surface area contributed by atoms with Crippen molar-refractivity contribution in [2.75, 3.05) is 10.6 Å². The highest BCUT2D eigenvalue weighted by Gasteiger charge is 2.48. The minimum absolute atomic E-state index is 0.0545. The van der Waals surface area contributed by atoms with Crippen molar-refractivity contribution in [3.63, 3.8) is 0 Å². The van der Waals surface area contributed by atoms with Crippen molar-refractivity contribution in [3.8, 4) is 5.75 Å². The summed E-state index contributed by atoms with van der Waals surface area (Å²) >= 11 is 0. The summed E-state index contributed by atoms with van der Waals surface area (Å²) in [4.78, 5) is 40.3. The van der Waals surface area contributed by atoms with E-state index >= 15 is 0 Å². The van der Waals surface area contributed by atoms with Gasteiger partial charge in [0.1, 0.15) is 11.5 Å². The second kappa shape index (κ2) is 8.51. The van der Waals surface area contributed by atoms with Crippen molar-refractivity contribution in [3.05, 3.63) is 48.3 Å². The average Bonchev–Trinajstić information content (AvgIpc) is 3.51. The Morgan fingerprint density at radius 2 is 1.79 bits per heavy atom. The smallest absolute Gasteiger partial charge is 0.310 e. The summed E-state index contributed by atoms with van der Waals surface area (Å²) < 4.78 is 5.18. The fourth-order valence-corrected chi connectivity index (χ4v) is 2.73. The molecule has 2 amide bonds. The average molecular weight is 395 g/mol. The van der Waals surface area contributed by atoms with Gasteiger partial charge in [-0.25, -0.2) is 0 Å². The first kappa shape index (κ1) is 20.0. The normalized spacial score (nSPS) is 17.1. The lowest BCUT2D eigenvalue weighted by molar-refractivity contribution is -0.134. The van der Waals surface area contributed by atoms with Gasteiger partial charge in [0.15, 0.2) is 5.75 Å². The number of anilines is 2. The third-order valence-corrected chi connectivity index (χ3v) is 4.48. The molecule has 0 aliphatic heterocycles. The monoisotopic (exact) mass is 395 g/mol. The second-order valence-corrected chi connectivity index (χ2v) is 6.62. The van der Waals surface area contributed by atoms with Gasteiger partial charge in [-0.05, 0) is 30.7 Å². The molecule has 1 aromatic carbocycles. The Balaban J connectivity index is 1.57. The van der Waals surface area contributed by atoms with Crippen LogP contribution >= 0.6 is 0 Å². The summed E-state index contributed by atoms with van der Waals surface area (Å²) in [7, 11) is 0. The first-order chi connectivity index (χ1) is 13.9. The molecular formula is C20H21N5O4. The number of carbonyl (C=O) groups is 3. The van der Waals surface area contributed by atoms with Gasteiger partial charge in [-0.1, -0.05) is 6.92 Å². The van der Waals surface area contributed by atoms with Crippen LogP contribution in [0, 0.1) is 17.2 Å². The van der Waals surface area contributed by atoms with Gasteiger partial charge < -0.3 is 21.1 Å². The highest BCUT2D eigenvalue weighted by molar-refractivity contribution is 6.04. The number of nitrogens with zero attached hydrogens (tertiary/aromatic N) is 1. The fourth-order valence-electron chi connectivity index (χ4n) is 2.73. The summed E-state index contributed by atoms with van der Waals surface area (Å²) in [5.74, 6) is -1.77. The zero-order chi connectivity index (χ0) is 21.0. The molecule has 0 radical (unpaired) electrons. The number of pyridine rings is 1. The molecule has 0 spiro atoms. The standard InChI is InChI=1S/C20H21N5O4/c1-2-17(26)29-16-7-8-23-10-15(16)25-20(28)14-9-13(14)19(27)24-12-5-3-11(4-6-12)18(21)22/h3-8,10,13-14H,2,9H2,1H3,(H3,21,22)(H,24,27)(H,25,28). The molecule has 0 saturated heterocycles. The molecule has 5 N–H and O–H groups in total. The predicted molar refractivity (Wildman–Crippen MR) is 106 cm³/mol. The number of aromatic nitrogens is 1. The molecule has 3 rings (SSSR count). The number of nitrogen functional groups attached to an aromatic ring is 1. The molecule has 1 saturated carbocycles. The number of esters is 1. The number of carbonyl (C=O) groups excluding carboxylic acids is 3. The topological polar surface area (TPSA) is 147 Å². The van der Waals surface area contributed by atoms with E-state index < -0.39 is 17.8 Å². The third kappa shape index (κ3) is 4.95. The maximum atomic E-state index is 12.5. The molecule has 150 valence electrons. The largest absolute Gasteiger partial charge is 0.424 e. The molecule has 2 atom stereocenters. The van der Waals surface area contributed by atoms with Crippen LogP contribution in [0.1, 0.15) is 25.3 Å². The van der Waals surface area contributed by atoms with E-state index in [0.717, 1.165) is 0 Å². The Hall–Kier alpha value is -3.75. The zero-order valence-electron chi connectivity index (χ0n) is 15.8. The SMILES string of the molecule is CCC(=O)Oc1ccncc1NC(=O)C1CC1C(=O)Nc1ccc(C(=N)N)cc1. The highest BCUT2D eigenvalue weighted by Crippen LogP contribution is 2.40. The molecule has 1 aromatic heterocycles. The third-order valence-electron chi connectivity index (χ3n) is 4.48. The van der Waals surface area contributed by atoms with Crippen LogP contribution in [-0.4, -0.2) is 28.6 Å². The maximum Gasteiger partial charge on any atom is 0.310 e. The van der Waals surface area contributed by atoms with Crippen LogP contribution in [0.15, 0.2) is 42.7 Å². The Labute approximate surface area is 167 Å². The number of nitrogens with one attached hydrogen (secondary N) is 3. The molecule has 1 heterocycles. The molecule has 1 fully saturated rings. The van der Waals surface area contributed by atoms with Crippen LogP contribution < -0.4 is 21.1 Å². The summed E-state index contributed by atoms with van der Waals surface area (Å²) in [6, 6.07) is 8.06. The highest BCUT2D eigenvalue weighted by atomic mass is 16.5. The van der Waals surface area contributed by atoms with E-state index in [9.17, 15) is 14.4 Å². The van der Waals surface area contributed by atoms with Crippen LogP contribution in [0.2, 0.25) is 0 Å². The van der Waals surface area contributed by atoms with E-state index in [1.165, 1.54) is 18.5 Å². The second-order valence-electron chi connectivity index (χ2n) is 6.62. The van der Waals surface area contributed by atoms with Crippen molar-refractivity contribution in [2.24, 2.45) is 17.6 Å². The van der Waals surface area contributed by atoms with E-state index in [2.05, 4.69) is 15.6 Å². The lowest BCUT2D eigenvalue weighted by atomic mass is 10.2. The van der Waals surface area contributed by atoms with Gasteiger partial charge in [0.05, 0.1) is 18.0 Å². The van der Waals surface area contributed by atoms with E-state index in [0.29, 0.717) is 17.7 Å². The van der Waals surface area contributed by atoms with Gasteiger partial charge in [0.25, 0.3) is 0 Å². The van der Waals surface area contributed by atoms with Crippen molar-refractivity contribution >= 4 is 35.0 Å². The first-order valence-corrected chi connectivity index (χ1v) is 9.10. The first-order valence-electron chi connectivity index (χ1n) is 9.10. The van der Waals surface area contributed by atoms with E-state index in [1.54, 1.807) is 31.2 Å². The van der Waals surface area contributed by atoms with Gasteiger partial charge in [0, 0.05) is 29.9 Å². The Morgan fingerprint density at radius 3 is 2.41 bits per heavy atom. The minimum atomic E-state index is -0.471. The number of rotatable bonds is 7. The number of nitrogens with two attached hydrogens (primary N) is 1. The molecule has 2 unspecified atom stereocenters.